The highest BCUT2D eigenvalue weighted by molar-refractivity contribution is 6.33. The van der Waals surface area contributed by atoms with Crippen LogP contribution in [0.4, 0.5) is 21.8 Å². The Hall–Kier alpha value is -1.88. The maximum absolute atomic E-state index is 13.7. The second kappa shape index (κ2) is 5.84. The number of hydrogen-bond acceptors (Lipinski definition) is 4. The maximum atomic E-state index is 13.7. The molecule has 0 aliphatic carbocycles. The molecule has 2 aromatic rings. The summed E-state index contributed by atoms with van der Waals surface area (Å²) in [6.45, 7) is 4.51. The summed E-state index contributed by atoms with van der Waals surface area (Å²) in [5.41, 5.74) is 1.63. The van der Waals surface area contributed by atoms with Crippen molar-refractivity contribution in [1.82, 2.24) is 9.97 Å². The van der Waals surface area contributed by atoms with Crippen LogP contribution in [0.1, 0.15) is 12.5 Å². The molecule has 0 amide bonds. The second-order valence-corrected chi connectivity index (χ2v) is 4.44. The van der Waals surface area contributed by atoms with Gasteiger partial charge in [0, 0.05) is 6.54 Å². The third kappa shape index (κ3) is 3.32. The van der Waals surface area contributed by atoms with Gasteiger partial charge in [0.05, 0.1) is 16.9 Å². The molecule has 0 saturated carbocycles. The minimum absolute atomic E-state index is 0.0958. The van der Waals surface area contributed by atoms with Crippen LogP contribution in [0.15, 0.2) is 24.4 Å². The van der Waals surface area contributed by atoms with Gasteiger partial charge in [0.2, 0.25) is 5.95 Å². The van der Waals surface area contributed by atoms with E-state index in [1.165, 1.54) is 0 Å². The average Bonchev–Trinajstić information content (AvgIpc) is 2.38. The number of hydrogen-bond donors (Lipinski definition) is 2. The Bertz CT molecular complexity index is 589. The molecule has 100 valence electrons. The van der Waals surface area contributed by atoms with Gasteiger partial charge in [-0.15, -0.1) is 0 Å². The van der Waals surface area contributed by atoms with Crippen LogP contribution in [0.2, 0.25) is 5.02 Å². The topological polar surface area (TPSA) is 49.8 Å². The molecule has 0 radical (unpaired) electrons. The fourth-order valence-electron chi connectivity index (χ4n) is 1.56. The monoisotopic (exact) mass is 280 g/mol. The van der Waals surface area contributed by atoms with E-state index in [2.05, 4.69) is 20.6 Å². The number of anilines is 3. The molecule has 0 fully saturated rings. The molecule has 2 N–H and O–H groups in total. The summed E-state index contributed by atoms with van der Waals surface area (Å²) in [4.78, 5) is 7.90. The zero-order valence-corrected chi connectivity index (χ0v) is 11.4. The number of rotatable bonds is 4. The fourth-order valence-corrected chi connectivity index (χ4v) is 1.73. The molecule has 0 unspecified atom stereocenters. The largest absolute Gasteiger partial charge is 0.354 e. The molecule has 6 heteroatoms. The molecule has 0 aliphatic heterocycles. The van der Waals surface area contributed by atoms with Crippen molar-refractivity contribution in [3.63, 3.8) is 0 Å². The number of aryl methyl sites for hydroxylation is 1. The Balaban J connectivity index is 2.31. The minimum Gasteiger partial charge on any atom is -0.354 e. The van der Waals surface area contributed by atoms with Gasteiger partial charge >= 0.3 is 0 Å². The van der Waals surface area contributed by atoms with Gasteiger partial charge in [0.1, 0.15) is 0 Å². The van der Waals surface area contributed by atoms with Crippen LogP contribution in [0.25, 0.3) is 0 Å². The molecule has 1 heterocycles. The molecular formula is C13H14ClFN4. The summed E-state index contributed by atoms with van der Waals surface area (Å²) in [6, 6.07) is 5.47. The molecular weight excluding hydrogens is 267 g/mol. The molecule has 0 atom stereocenters. The van der Waals surface area contributed by atoms with Crippen molar-refractivity contribution in [3.8, 4) is 0 Å². The van der Waals surface area contributed by atoms with E-state index in [1.54, 1.807) is 6.07 Å². The zero-order valence-electron chi connectivity index (χ0n) is 10.7. The van der Waals surface area contributed by atoms with E-state index < -0.39 is 5.82 Å². The summed E-state index contributed by atoms with van der Waals surface area (Å²) >= 11 is 6.06. The first-order valence-corrected chi connectivity index (χ1v) is 6.27. The van der Waals surface area contributed by atoms with E-state index in [-0.39, 0.29) is 5.82 Å². The Labute approximate surface area is 116 Å². The predicted octanol–water partition coefficient (Wildman–Crippen LogP) is 3.75. The third-order valence-corrected chi connectivity index (χ3v) is 2.78. The van der Waals surface area contributed by atoms with Crippen molar-refractivity contribution in [1.29, 1.82) is 0 Å². The highest BCUT2D eigenvalue weighted by Crippen LogP contribution is 2.26. The first-order chi connectivity index (χ1) is 9.10. The quantitative estimate of drug-likeness (QED) is 0.895. The summed E-state index contributed by atoms with van der Waals surface area (Å²) in [5, 5.41) is 6.32. The number of nitrogens with one attached hydrogen (secondary N) is 2. The number of aromatic nitrogens is 2. The first-order valence-electron chi connectivity index (χ1n) is 5.89. The maximum Gasteiger partial charge on any atom is 0.224 e. The SMILES string of the molecule is CCNc1ncc(F)c(Nc2cc(C)ccc2Cl)n1. The predicted molar refractivity (Wildman–Crippen MR) is 75.6 cm³/mol. The lowest BCUT2D eigenvalue weighted by Crippen LogP contribution is -2.06. The molecule has 0 saturated heterocycles. The van der Waals surface area contributed by atoms with Crippen LogP contribution in [0, 0.1) is 12.7 Å². The number of nitrogens with zero attached hydrogens (tertiary/aromatic N) is 2. The lowest BCUT2D eigenvalue weighted by atomic mass is 10.2. The molecule has 4 nitrogen and oxygen atoms in total. The minimum atomic E-state index is -0.528. The molecule has 0 bridgehead atoms. The van der Waals surface area contributed by atoms with Gasteiger partial charge < -0.3 is 10.6 Å². The van der Waals surface area contributed by atoms with Crippen molar-refractivity contribution < 1.29 is 4.39 Å². The van der Waals surface area contributed by atoms with Gasteiger partial charge in [-0.05, 0) is 31.5 Å². The third-order valence-electron chi connectivity index (χ3n) is 2.45. The van der Waals surface area contributed by atoms with Crippen LogP contribution in [0.3, 0.4) is 0 Å². The van der Waals surface area contributed by atoms with Gasteiger partial charge in [-0.25, -0.2) is 9.37 Å². The smallest absolute Gasteiger partial charge is 0.224 e. The summed E-state index contributed by atoms with van der Waals surface area (Å²) in [7, 11) is 0. The van der Waals surface area contributed by atoms with Gasteiger partial charge in [-0.1, -0.05) is 17.7 Å². The fraction of sp³-hybridized carbons (Fsp3) is 0.231. The molecule has 1 aromatic carbocycles. The lowest BCUT2D eigenvalue weighted by Gasteiger charge is -2.10. The Morgan fingerprint density at radius 1 is 1.37 bits per heavy atom. The molecule has 0 spiro atoms. The van der Waals surface area contributed by atoms with Crippen molar-refractivity contribution in [2.75, 3.05) is 17.2 Å². The van der Waals surface area contributed by atoms with Gasteiger partial charge in [0.25, 0.3) is 0 Å². The zero-order chi connectivity index (χ0) is 13.8. The Kier molecular flexibility index (Phi) is 4.16. The van der Waals surface area contributed by atoms with Crippen LogP contribution in [-0.4, -0.2) is 16.5 Å². The molecule has 0 aliphatic rings. The summed E-state index contributed by atoms with van der Waals surface area (Å²) in [5.74, 6) is -0.0622. The van der Waals surface area contributed by atoms with Gasteiger partial charge in [-0.2, -0.15) is 4.98 Å². The first kappa shape index (κ1) is 13.5. The Morgan fingerprint density at radius 3 is 2.89 bits per heavy atom. The van der Waals surface area contributed by atoms with Gasteiger partial charge in [-0.3, -0.25) is 0 Å². The average molecular weight is 281 g/mol. The van der Waals surface area contributed by atoms with Crippen LogP contribution in [-0.2, 0) is 0 Å². The standard InChI is InChI=1S/C13H14ClFN4/c1-3-16-13-17-7-10(15)12(19-13)18-11-6-8(2)4-5-9(11)14/h4-7H,3H2,1-2H3,(H2,16,17,18,19). The van der Waals surface area contributed by atoms with Crippen LogP contribution >= 0.6 is 11.6 Å². The van der Waals surface area contributed by atoms with Crippen molar-refractivity contribution in [2.45, 2.75) is 13.8 Å². The van der Waals surface area contributed by atoms with Gasteiger partial charge in [0.15, 0.2) is 11.6 Å². The highest BCUT2D eigenvalue weighted by Gasteiger charge is 2.09. The van der Waals surface area contributed by atoms with Crippen molar-refractivity contribution in [3.05, 3.63) is 40.8 Å². The molecule has 2 rings (SSSR count). The van der Waals surface area contributed by atoms with E-state index in [9.17, 15) is 4.39 Å². The summed E-state index contributed by atoms with van der Waals surface area (Å²) in [6.07, 6.45) is 1.12. The lowest BCUT2D eigenvalue weighted by molar-refractivity contribution is 0.619. The van der Waals surface area contributed by atoms with E-state index in [0.717, 1.165) is 11.8 Å². The molecule has 1 aromatic heterocycles. The van der Waals surface area contributed by atoms with E-state index in [4.69, 9.17) is 11.6 Å². The van der Waals surface area contributed by atoms with Crippen molar-refractivity contribution >= 4 is 29.1 Å². The number of benzene rings is 1. The second-order valence-electron chi connectivity index (χ2n) is 4.03. The summed E-state index contributed by atoms with van der Waals surface area (Å²) < 4.78 is 13.7. The van der Waals surface area contributed by atoms with Crippen LogP contribution < -0.4 is 10.6 Å². The van der Waals surface area contributed by atoms with E-state index in [0.29, 0.717) is 23.2 Å². The van der Waals surface area contributed by atoms with E-state index >= 15 is 0 Å². The normalized spacial score (nSPS) is 10.3. The van der Waals surface area contributed by atoms with Crippen LogP contribution in [0.5, 0.6) is 0 Å². The highest BCUT2D eigenvalue weighted by atomic mass is 35.5. The molecule has 19 heavy (non-hydrogen) atoms. The number of halogens is 2. The van der Waals surface area contributed by atoms with Crippen molar-refractivity contribution in [2.24, 2.45) is 0 Å². The van der Waals surface area contributed by atoms with E-state index in [1.807, 2.05) is 26.0 Å². The Morgan fingerprint density at radius 2 is 2.16 bits per heavy atom.